The fraction of sp³-hybridized carbons (Fsp3) is 0.588. The lowest BCUT2D eigenvalue weighted by atomic mass is 10.0. The molecule has 5 nitrogen and oxygen atoms in total. The van der Waals surface area contributed by atoms with Gasteiger partial charge < -0.3 is 15.2 Å². The van der Waals surface area contributed by atoms with E-state index < -0.39 is 6.10 Å². The van der Waals surface area contributed by atoms with E-state index in [4.69, 9.17) is 4.74 Å². The van der Waals surface area contributed by atoms with Crippen molar-refractivity contribution in [3.63, 3.8) is 0 Å². The molecule has 2 rings (SSSR count). The van der Waals surface area contributed by atoms with Crippen molar-refractivity contribution in [3.05, 3.63) is 35.9 Å². The van der Waals surface area contributed by atoms with E-state index in [0.29, 0.717) is 19.6 Å². The van der Waals surface area contributed by atoms with Gasteiger partial charge in [0.1, 0.15) is 0 Å². The number of nitrogens with zero attached hydrogens (tertiary/aromatic N) is 1. The van der Waals surface area contributed by atoms with E-state index in [-0.39, 0.29) is 11.9 Å². The minimum absolute atomic E-state index is 0.0121. The minimum atomic E-state index is -0.467. The van der Waals surface area contributed by atoms with Crippen LogP contribution < -0.4 is 5.32 Å². The summed E-state index contributed by atoms with van der Waals surface area (Å²) in [6.07, 6.45) is 1.12. The number of hydrogen-bond donors (Lipinski definition) is 2. The number of morpholine rings is 1. The number of hydrogen-bond acceptors (Lipinski definition) is 4. The van der Waals surface area contributed by atoms with Gasteiger partial charge in [-0.25, -0.2) is 0 Å². The zero-order chi connectivity index (χ0) is 15.8. The van der Waals surface area contributed by atoms with Gasteiger partial charge in [-0.15, -0.1) is 0 Å². The van der Waals surface area contributed by atoms with Crippen LogP contribution in [-0.2, 0) is 9.53 Å². The van der Waals surface area contributed by atoms with E-state index in [0.717, 1.165) is 31.7 Å². The summed E-state index contributed by atoms with van der Waals surface area (Å²) in [6, 6.07) is 9.97. The van der Waals surface area contributed by atoms with Gasteiger partial charge >= 0.3 is 0 Å². The highest BCUT2D eigenvalue weighted by atomic mass is 16.5. The molecule has 0 bridgehead atoms. The topological polar surface area (TPSA) is 61.8 Å². The Balaban J connectivity index is 1.82. The Bertz CT molecular complexity index is 452. The molecule has 22 heavy (non-hydrogen) atoms. The second-order valence-corrected chi connectivity index (χ2v) is 5.76. The van der Waals surface area contributed by atoms with Crippen molar-refractivity contribution in [1.82, 2.24) is 10.2 Å². The van der Waals surface area contributed by atoms with Crippen LogP contribution in [0.1, 0.15) is 31.4 Å². The number of rotatable bonds is 7. The predicted molar refractivity (Wildman–Crippen MR) is 85.5 cm³/mol. The summed E-state index contributed by atoms with van der Waals surface area (Å²) >= 11 is 0. The average molecular weight is 306 g/mol. The Morgan fingerprint density at radius 2 is 2.23 bits per heavy atom. The fourth-order valence-electron chi connectivity index (χ4n) is 2.82. The molecule has 1 aliphatic rings. The quantitative estimate of drug-likeness (QED) is 0.746. The molecule has 0 aliphatic carbocycles. The largest absolute Gasteiger partial charge is 0.388 e. The smallest absolute Gasteiger partial charge is 0.216 e. The molecule has 1 aromatic carbocycles. The van der Waals surface area contributed by atoms with E-state index in [9.17, 15) is 9.90 Å². The average Bonchev–Trinajstić information content (AvgIpc) is 2.53. The summed E-state index contributed by atoms with van der Waals surface area (Å²) in [5.74, 6) is 0.0121. The van der Waals surface area contributed by atoms with Crippen molar-refractivity contribution in [3.8, 4) is 0 Å². The Hall–Kier alpha value is -1.43. The van der Waals surface area contributed by atoms with Crippen molar-refractivity contribution in [2.45, 2.75) is 31.9 Å². The number of aliphatic hydroxyl groups is 1. The van der Waals surface area contributed by atoms with Crippen LogP contribution in [0.3, 0.4) is 0 Å². The SMILES string of the molecule is CC(=O)NCCCN1CCOCC1CC(O)c1ccccc1. The third-order valence-electron chi connectivity index (χ3n) is 4.03. The van der Waals surface area contributed by atoms with Gasteiger partial charge in [0.15, 0.2) is 0 Å². The van der Waals surface area contributed by atoms with E-state index in [2.05, 4.69) is 10.2 Å². The molecule has 122 valence electrons. The first-order valence-electron chi connectivity index (χ1n) is 7.96. The van der Waals surface area contributed by atoms with Crippen molar-refractivity contribution in [1.29, 1.82) is 0 Å². The van der Waals surface area contributed by atoms with Crippen molar-refractivity contribution in [2.24, 2.45) is 0 Å². The van der Waals surface area contributed by atoms with Crippen LogP contribution in [0.4, 0.5) is 0 Å². The summed E-state index contributed by atoms with van der Waals surface area (Å²) in [7, 11) is 0. The van der Waals surface area contributed by atoms with Crippen LogP contribution in [0.2, 0.25) is 0 Å². The zero-order valence-electron chi connectivity index (χ0n) is 13.2. The third kappa shape index (κ3) is 5.40. The Morgan fingerprint density at radius 3 is 2.95 bits per heavy atom. The van der Waals surface area contributed by atoms with Gasteiger partial charge in [0.05, 0.1) is 19.3 Å². The number of benzene rings is 1. The van der Waals surface area contributed by atoms with Crippen LogP contribution >= 0.6 is 0 Å². The Kier molecular flexibility index (Phi) is 6.83. The summed E-state index contributed by atoms with van der Waals surface area (Å²) in [6.45, 7) is 5.42. The molecule has 0 radical (unpaired) electrons. The standard InChI is InChI=1S/C17H26N2O3/c1-14(20)18-8-5-9-19-10-11-22-13-16(19)12-17(21)15-6-3-2-4-7-15/h2-4,6-7,16-17,21H,5,8-13H2,1H3,(H,18,20). The lowest BCUT2D eigenvalue weighted by Gasteiger charge is -2.36. The van der Waals surface area contributed by atoms with Crippen molar-refractivity contribution < 1.29 is 14.6 Å². The second kappa shape index (κ2) is 8.88. The maximum atomic E-state index is 10.9. The summed E-state index contributed by atoms with van der Waals surface area (Å²) in [5, 5.41) is 13.2. The van der Waals surface area contributed by atoms with Gasteiger partial charge in [-0.05, 0) is 18.4 Å². The van der Waals surface area contributed by atoms with Gasteiger partial charge in [0.25, 0.3) is 0 Å². The normalized spacial score (nSPS) is 20.5. The first kappa shape index (κ1) is 16.9. The molecule has 5 heteroatoms. The molecule has 0 aromatic heterocycles. The van der Waals surface area contributed by atoms with Gasteiger partial charge in [-0.2, -0.15) is 0 Å². The van der Waals surface area contributed by atoms with Crippen molar-refractivity contribution >= 4 is 5.91 Å². The monoisotopic (exact) mass is 306 g/mol. The number of nitrogens with one attached hydrogen (secondary N) is 1. The van der Waals surface area contributed by atoms with Crippen LogP contribution in [0, 0.1) is 0 Å². The van der Waals surface area contributed by atoms with E-state index in [1.807, 2.05) is 30.3 Å². The maximum Gasteiger partial charge on any atom is 0.216 e. The zero-order valence-corrected chi connectivity index (χ0v) is 13.2. The Morgan fingerprint density at radius 1 is 1.45 bits per heavy atom. The molecule has 0 saturated carbocycles. The summed E-state index contributed by atoms with van der Waals surface area (Å²) in [4.78, 5) is 13.2. The maximum absolute atomic E-state index is 10.9. The molecule has 1 heterocycles. The first-order valence-corrected chi connectivity index (χ1v) is 7.96. The van der Waals surface area contributed by atoms with Gasteiger partial charge in [-0.3, -0.25) is 9.69 Å². The molecule has 1 fully saturated rings. The molecule has 0 spiro atoms. The van der Waals surface area contributed by atoms with E-state index >= 15 is 0 Å². The van der Waals surface area contributed by atoms with Gasteiger partial charge in [-0.1, -0.05) is 30.3 Å². The fourth-order valence-corrected chi connectivity index (χ4v) is 2.82. The molecule has 1 amide bonds. The lowest BCUT2D eigenvalue weighted by Crippen LogP contribution is -2.47. The van der Waals surface area contributed by atoms with Gasteiger partial charge in [0.2, 0.25) is 5.91 Å². The molecule has 2 N–H and O–H groups in total. The van der Waals surface area contributed by atoms with Crippen LogP contribution in [0.5, 0.6) is 0 Å². The molecule has 1 aliphatic heterocycles. The van der Waals surface area contributed by atoms with Gasteiger partial charge in [0, 0.05) is 32.6 Å². The third-order valence-corrected chi connectivity index (χ3v) is 4.03. The first-order chi connectivity index (χ1) is 10.7. The predicted octanol–water partition coefficient (Wildman–Crippen LogP) is 1.34. The number of amides is 1. The number of carbonyl (C=O) groups excluding carboxylic acids is 1. The molecule has 2 unspecified atom stereocenters. The number of ether oxygens (including phenoxy) is 1. The minimum Gasteiger partial charge on any atom is -0.388 e. The number of aliphatic hydroxyl groups excluding tert-OH is 1. The second-order valence-electron chi connectivity index (χ2n) is 5.76. The lowest BCUT2D eigenvalue weighted by molar-refractivity contribution is -0.119. The van der Waals surface area contributed by atoms with Crippen LogP contribution in [0.15, 0.2) is 30.3 Å². The highest BCUT2D eigenvalue weighted by Gasteiger charge is 2.25. The molecule has 1 saturated heterocycles. The highest BCUT2D eigenvalue weighted by Crippen LogP contribution is 2.22. The van der Waals surface area contributed by atoms with Crippen LogP contribution in [-0.4, -0.2) is 54.8 Å². The van der Waals surface area contributed by atoms with E-state index in [1.54, 1.807) is 0 Å². The summed E-state index contributed by atoms with van der Waals surface area (Å²) < 4.78 is 5.57. The number of carbonyl (C=O) groups is 1. The highest BCUT2D eigenvalue weighted by molar-refractivity contribution is 5.72. The van der Waals surface area contributed by atoms with E-state index in [1.165, 1.54) is 6.92 Å². The Labute approximate surface area is 132 Å². The molecule has 1 aromatic rings. The summed E-state index contributed by atoms with van der Waals surface area (Å²) in [5.41, 5.74) is 0.950. The van der Waals surface area contributed by atoms with Crippen LogP contribution in [0.25, 0.3) is 0 Å². The van der Waals surface area contributed by atoms with Crippen molar-refractivity contribution in [2.75, 3.05) is 32.8 Å². The molecular formula is C17H26N2O3. The molecular weight excluding hydrogens is 280 g/mol. The molecule has 2 atom stereocenters.